The van der Waals surface area contributed by atoms with Crippen LogP contribution in [0.15, 0.2) is 29.2 Å². The van der Waals surface area contributed by atoms with Gasteiger partial charge in [0.15, 0.2) is 9.84 Å². The van der Waals surface area contributed by atoms with Crippen molar-refractivity contribution in [2.45, 2.75) is 35.7 Å². The summed E-state index contributed by atoms with van der Waals surface area (Å²) in [6, 6.07) is 7.90. The molecule has 0 radical (unpaired) electrons. The molecular formula is C14H20N2O2S. The second-order valence-corrected chi connectivity index (χ2v) is 7.72. The molecule has 0 amide bonds. The lowest BCUT2D eigenvalue weighted by Crippen LogP contribution is -2.53. The maximum atomic E-state index is 12.2. The van der Waals surface area contributed by atoms with E-state index in [-0.39, 0.29) is 11.3 Å². The predicted molar refractivity (Wildman–Crippen MR) is 74.6 cm³/mol. The summed E-state index contributed by atoms with van der Waals surface area (Å²) in [5.74, 6) is 0.193. The van der Waals surface area contributed by atoms with Crippen LogP contribution >= 0.6 is 0 Å². The van der Waals surface area contributed by atoms with Crippen molar-refractivity contribution in [3.63, 3.8) is 0 Å². The first-order chi connectivity index (χ1) is 9.01. The van der Waals surface area contributed by atoms with E-state index >= 15 is 0 Å². The molecule has 3 rings (SSSR count). The minimum atomic E-state index is -3.14. The minimum absolute atomic E-state index is 0.193. The molecule has 0 spiro atoms. The van der Waals surface area contributed by atoms with Crippen LogP contribution in [-0.2, 0) is 15.4 Å². The molecule has 0 aromatic heterocycles. The van der Waals surface area contributed by atoms with Crippen LogP contribution in [0, 0.1) is 0 Å². The fourth-order valence-corrected chi connectivity index (χ4v) is 4.91. The third kappa shape index (κ3) is 1.91. The molecule has 0 saturated heterocycles. The lowest BCUT2D eigenvalue weighted by molar-refractivity contribution is 0.106. The van der Waals surface area contributed by atoms with E-state index in [2.05, 4.69) is 11.9 Å². The van der Waals surface area contributed by atoms with Gasteiger partial charge < -0.3 is 5.73 Å². The fraction of sp³-hybridized carbons (Fsp3) is 0.571. The number of rotatable bonds is 3. The Bertz CT molecular complexity index is 595. The Balaban J connectivity index is 2.17. The average Bonchev–Trinajstić information content (AvgIpc) is 3.24. The third-order valence-electron chi connectivity index (χ3n) is 4.62. The maximum Gasteiger partial charge on any atom is 0.178 e. The van der Waals surface area contributed by atoms with E-state index < -0.39 is 9.84 Å². The molecule has 1 unspecified atom stereocenters. The van der Waals surface area contributed by atoms with Crippen LogP contribution < -0.4 is 5.73 Å². The van der Waals surface area contributed by atoms with E-state index in [1.54, 1.807) is 12.1 Å². The lowest BCUT2D eigenvalue weighted by Gasteiger charge is -2.45. The fourth-order valence-electron chi connectivity index (χ4n) is 3.20. The minimum Gasteiger partial charge on any atom is -0.328 e. The van der Waals surface area contributed by atoms with E-state index in [1.807, 2.05) is 12.1 Å². The van der Waals surface area contributed by atoms with Crippen LogP contribution in [0.1, 0.15) is 24.8 Å². The summed E-state index contributed by atoms with van der Waals surface area (Å²) in [7, 11) is -1.06. The van der Waals surface area contributed by atoms with Crippen LogP contribution in [0.3, 0.4) is 0 Å². The molecule has 5 heteroatoms. The van der Waals surface area contributed by atoms with Gasteiger partial charge in [0.1, 0.15) is 0 Å². The van der Waals surface area contributed by atoms with Crippen LogP contribution in [0.25, 0.3) is 0 Å². The van der Waals surface area contributed by atoms with E-state index in [9.17, 15) is 8.42 Å². The third-order valence-corrected chi connectivity index (χ3v) is 6.38. The van der Waals surface area contributed by atoms with Gasteiger partial charge in [-0.3, -0.25) is 4.90 Å². The molecular weight excluding hydrogens is 260 g/mol. The highest BCUT2D eigenvalue weighted by Gasteiger charge is 2.47. The molecule has 4 nitrogen and oxygen atoms in total. The molecule has 2 aliphatic rings. The molecule has 2 N–H and O–H groups in total. The van der Waals surface area contributed by atoms with Crippen molar-refractivity contribution in [1.29, 1.82) is 0 Å². The average molecular weight is 280 g/mol. The summed E-state index contributed by atoms with van der Waals surface area (Å²) in [5.41, 5.74) is 6.64. The number of hydrogen-bond donors (Lipinski definition) is 1. The van der Waals surface area contributed by atoms with E-state index in [1.165, 1.54) is 12.8 Å². The van der Waals surface area contributed by atoms with Crippen LogP contribution in [-0.4, -0.2) is 38.7 Å². The molecule has 104 valence electrons. The van der Waals surface area contributed by atoms with Gasteiger partial charge in [0.05, 0.1) is 16.2 Å². The quantitative estimate of drug-likeness (QED) is 0.901. The molecule has 1 aliphatic heterocycles. The van der Waals surface area contributed by atoms with Gasteiger partial charge in [-0.25, -0.2) is 8.42 Å². The highest BCUT2D eigenvalue weighted by atomic mass is 32.2. The van der Waals surface area contributed by atoms with Gasteiger partial charge in [-0.2, -0.15) is 0 Å². The monoisotopic (exact) mass is 280 g/mol. The van der Waals surface area contributed by atoms with Gasteiger partial charge in [0.2, 0.25) is 0 Å². The zero-order chi connectivity index (χ0) is 13.7. The summed E-state index contributed by atoms with van der Waals surface area (Å²) >= 11 is 0. The van der Waals surface area contributed by atoms with Crippen molar-refractivity contribution < 1.29 is 8.42 Å². The number of nitrogens with zero attached hydrogens (tertiary/aromatic N) is 1. The lowest BCUT2D eigenvalue weighted by atomic mass is 9.85. The van der Waals surface area contributed by atoms with Crippen molar-refractivity contribution in [2.75, 3.05) is 19.3 Å². The molecule has 1 fully saturated rings. The van der Waals surface area contributed by atoms with E-state index in [4.69, 9.17) is 5.73 Å². The van der Waals surface area contributed by atoms with Crippen LogP contribution in [0.4, 0.5) is 0 Å². The summed E-state index contributed by atoms with van der Waals surface area (Å²) < 4.78 is 24.5. The molecule has 0 bridgehead atoms. The highest BCUT2D eigenvalue weighted by Crippen LogP contribution is 2.44. The topological polar surface area (TPSA) is 63.4 Å². The standard InChI is InChI=1S/C14H20N2O2S/c1-16(11-6-7-11)14(10-15)8-9-19(17,18)13-5-3-2-4-12(13)14/h2-5,11H,6-10,15H2,1H3. The Morgan fingerprint density at radius 2 is 2.05 bits per heavy atom. The molecule has 1 saturated carbocycles. The molecule has 1 heterocycles. The number of sulfone groups is 1. The first-order valence-electron chi connectivity index (χ1n) is 6.76. The van der Waals surface area contributed by atoms with Crippen LogP contribution in [0.2, 0.25) is 0 Å². The van der Waals surface area contributed by atoms with Gasteiger partial charge in [-0.15, -0.1) is 0 Å². The molecule has 1 atom stereocenters. The van der Waals surface area contributed by atoms with E-state index in [0.29, 0.717) is 23.9 Å². The Morgan fingerprint density at radius 3 is 2.68 bits per heavy atom. The number of likely N-dealkylation sites (N-methyl/N-ethyl adjacent to an activating group) is 1. The zero-order valence-electron chi connectivity index (χ0n) is 11.2. The van der Waals surface area contributed by atoms with Crippen LogP contribution in [0.5, 0.6) is 0 Å². The van der Waals surface area contributed by atoms with Gasteiger partial charge in [-0.05, 0) is 37.9 Å². The van der Waals surface area contributed by atoms with Crippen molar-refractivity contribution in [2.24, 2.45) is 5.73 Å². The van der Waals surface area contributed by atoms with Gasteiger partial charge in [0.25, 0.3) is 0 Å². The van der Waals surface area contributed by atoms with Crippen molar-refractivity contribution in [1.82, 2.24) is 4.90 Å². The summed E-state index contributed by atoms with van der Waals surface area (Å²) in [5, 5.41) is 0. The second kappa shape index (κ2) is 4.30. The first kappa shape index (κ1) is 13.1. The number of fused-ring (bicyclic) bond motifs is 1. The summed E-state index contributed by atoms with van der Waals surface area (Å²) in [6.45, 7) is 0.465. The number of hydrogen-bond acceptors (Lipinski definition) is 4. The Labute approximate surface area is 114 Å². The highest BCUT2D eigenvalue weighted by molar-refractivity contribution is 7.91. The number of nitrogens with two attached hydrogens (primary N) is 1. The largest absolute Gasteiger partial charge is 0.328 e. The molecule has 1 aromatic carbocycles. The maximum absolute atomic E-state index is 12.2. The SMILES string of the molecule is CN(C1CC1)C1(CN)CCS(=O)(=O)c2ccccc21. The van der Waals surface area contributed by atoms with E-state index in [0.717, 1.165) is 5.56 Å². The van der Waals surface area contributed by atoms with Crippen molar-refractivity contribution in [3.05, 3.63) is 29.8 Å². The van der Waals surface area contributed by atoms with Gasteiger partial charge in [0, 0.05) is 12.6 Å². The number of benzene rings is 1. The molecule has 1 aromatic rings. The zero-order valence-corrected chi connectivity index (χ0v) is 12.0. The first-order valence-corrected chi connectivity index (χ1v) is 8.42. The van der Waals surface area contributed by atoms with Crippen molar-refractivity contribution in [3.8, 4) is 0 Å². The Morgan fingerprint density at radius 1 is 1.37 bits per heavy atom. The normalized spacial score (nSPS) is 29.2. The summed E-state index contributed by atoms with van der Waals surface area (Å²) in [6.07, 6.45) is 2.97. The molecule has 19 heavy (non-hydrogen) atoms. The smallest absolute Gasteiger partial charge is 0.178 e. The molecule has 1 aliphatic carbocycles. The van der Waals surface area contributed by atoms with Crippen molar-refractivity contribution >= 4 is 9.84 Å². The second-order valence-electron chi connectivity index (χ2n) is 5.64. The Hall–Kier alpha value is -0.910. The van der Waals surface area contributed by atoms with Gasteiger partial charge in [-0.1, -0.05) is 18.2 Å². The van der Waals surface area contributed by atoms with Gasteiger partial charge >= 0.3 is 0 Å². The predicted octanol–water partition coefficient (Wildman–Crippen LogP) is 1.11. The Kier molecular flexibility index (Phi) is 2.96. The summed E-state index contributed by atoms with van der Waals surface area (Å²) in [4.78, 5) is 2.78.